The second kappa shape index (κ2) is 10.4. The van der Waals surface area contributed by atoms with Gasteiger partial charge in [0, 0.05) is 60.5 Å². The van der Waals surface area contributed by atoms with Crippen molar-refractivity contribution in [2.45, 2.75) is 6.04 Å². The molecule has 0 bridgehead atoms. The third kappa shape index (κ3) is 4.85. The summed E-state index contributed by atoms with van der Waals surface area (Å²) in [7, 11) is 0. The van der Waals surface area contributed by atoms with Crippen LogP contribution in [-0.4, -0.2) is 63.7 Å². The molecule has 4 heterocycles. The zero-order valence-corrected chi connectivity index (χ0v) is 20.4. The molecule has 1 saturated heterocycles. The van der Waals surface area contributed by atoms with Crippen LogP contribution in [0.4, 0.5) is 4.39 Å². The van der Waals surface area contributed by atoms with Crippen molar-refractivity contribution >= 4 is 21.9 Å². The smallest absolute Gasteiger partial charge is 0.219 e. The molecule has 5 aromatic rings. The summed E-state index contributed by atoms with van der Waals surface area (Å²) in [5.74, 6) is 1.01. The van der Waals surface area contributed by atoms with Crippen LogP contribution < -0.4 is 14.8 Å². The summed E-state index contributed by atoms with van der Waals surface area (Å²) < 4.78 is 27.7. The lowest BCUT2D eigenvalue weighted by Crippen LogP contribution is -2.53. The second-order valence-corrected chi connectivity index (χ2v) is 9.06. The molecule has 10 heteroatoms. The van der Waals surface area contributed by atoms with Gasteiger partial charge in [-0.3, -0.25) is 9.88 Å². The highest BCUT2D eigenvalue weighted by Gasteiger charge is 2.21. The number of ether oxygens (including phenoxy) is 2. The average Bonchev–Trinajstić information content (AvgIpc) is 3.42. The normalized spacial score (nSPS) is 15.9. The molecular weight excluding hydrogens is 485 g/mol. The molecule has 0 saturated carbocycles. The van der Waals surface area contributed by atoms with Crippen molar-refractivity contribution < 1.29 is 13.9 Å². The Labute approximate surface area is 217 Å². The van der Waals surface area contributed by atoms with Gasteiger partial charge in [0.05, 0.1) is 47.7 Å². The first-order chi connectivity index (χ1) is 18.7. The van der Waals surface area contributed by atoms with Crippen LogP contribution in [0.15, 0.2) is 67.3 Å². The molecule has 38 heavy (non-hydrogen) atoms. The van der Waals surface area contributed by atoms with Gasteiger partial charge >= 0.3 is 0 Å². The van der Waals surface area contributed by atoms with Crippen LogP contribution in [0.3, 0.4) is 0 Å². The van der Waals surface area contributed by atoms with E-state index in [0.29, 0.717) is 53.7 Å². The van der Waals surface area contributed by atoms with Crippen molar-refractivity contribution in [3.63, 3.8) is 0 Å². The molecule has 2 aromatic carbocycles. The lowest BCUT2D eigenvalue weighted by molar-refractivity contribution is 0.170. The number of hydrogen-bond acceptors (Lipinski definition) is 8. The van der Waals surface area contributed by atoms with E-state index < -0.39 is 5.82 Å². The third-order valence-corrected chi connectivity index (χ3v) is 6.52. The lowest BCUT2D eigenvalue weighted by atomic mass is 10.0. The topological polar surface area (TPSA) is 112 Å². The highest BCUT2D eigenvalue weighted by molar-refractivity contribution is 6.03. The summed E-state index contributed by atoms with van der Waals surface area (Å²) in [5, 5.41) is 13.2. The van der Waals surface area contributed by atoms with E-state index in [-0.39, 0.29) is 6.04 Å². The summed E-state index contributed by atoms with van der Waals surface area (Å²) in [6.07, 6.45) is 4.89. The number of nitrogens with zero attached hydrogens (tertiary/aromatic N) is 5. The Balaban J connectivity index is 1.37. The maximum Gasteiger partial charge on any atom is 0.219 e. The number of halogens is 1. The van der Waals surface area contributed by atoms with Gasteiger partial charge in [0.15, 0.2) is 0 Å². The fourth-order valence-electron chi connectivity index (χ4n) is 4.69. The number of hydrogen-bond donors (Lipinski definition) is 2. The van der Waals surface area contributed by atoms with Crippen LogP contribution in [-0.2, 0) is 0 Å². The summed E-state index contributed by atoms with van der Waals surface area (Å²) in [5.41, 5.74) is 2.97. The predicted molar refractivity (Wildman–Crippen MR) is 140 cm³/mol. The highest BCUT2D eigenvalue weighted by Crippen LogP contribution is 2.38. The second-order valence-electron chi connectivity index (χ2n) is 9.06. The van der Waals surface area contributed by atoms with Gasteiger partial charge < -0.3 is 19.8 Å². The van der Waals surface area contributed by atoms with Crippen molar-refractivity contribution in [3.8, 4) is 34.6 Å². The van der Waals surface area contributed by atoms with Crippen molar-refractivity contribution in [2.75, 3.05) is 32.8 Å². The van der Waals surface area contributed by atoms with Crippen LogP contribution >= 0.6 is 0 Å². The Hall–Kier alpha value is -4.59. The number of aromatic amines is 1. The van der Waals surface area contributed by atoms with Crippen LogP contribution in [0.25, 0.3) is 33.1 Å². The highest BCUT2D eigenvalue weighted by atomic mass is 19.1. The standard InChI is InChI=1S/C28H24FN7O2/c29-23-13-24-22(28-25(14-33-24)34-17-35-28)12-21(23)20-5-4-19(38-27-3-1-2-7-32-27)11-26(20)37-16-18-15-36(9-6-30)10-8-31-18/h1-5,7,11-14,17-18,31H,8-10,15-16H2,(H,34,35). The number of piperazine rings is 1. The van der Waals surface area contributed by atoms with E-state index in [2.05, 4.69) is 36.2 Å². The quantitative estimate of drug-likeness (QED) is 0.313. The molecule has 1 aliphatic rings. The Morgan fingerprint density at radius 1 is 1.11 bits per heavy atom. The van der Waals surface area contributed by atoms with E-state index in [0.717, 1.165) is 29.5 Å². The first-order valence-electron chi connectivity index (χ1n) is 12.3. The molecule has 1 unspecified atom stereocenters. The fraction of sp³-hybridized carbons (Fsp3) is 0.214. The van der Waals surface area contributed by atoms with Crippen molar-refractivity contribution in [2.24, 2.45) is 0 Å². The Kier molecular flexibility index (Phi) is 6.52. The maximum absolute atomic E-state index is 15.5. The minimum atomic E-state index is -0.417. The Morgan fingerprint density at radius 2 is 2.05 bits per heavy atom. The van der Waals surface area contributed by atoms with Crippen molar-refractivity contribution in [1.82, 2.24) is 30.2 Å². The zero-order valence-electron chi connectivity index (χ0n) is 20.4. The van der Waals surface area contributed by atoms with E-state index >= 15 is 4.39 Å². The van der Waals surface area contributed by atoms with E-state index in [9.17, 15) is 0 Å². The SMILES string of the molecule is N#CCN1CCNC(COc2cc(Oc3ccccn3)ccc2-c2cc3c(cc2F)ncc2[nH]cnc23)C1. The van der Waals surface area contributed by atoms with Gasteiger partial charge in [0.25, 0.3) is 0 Å². The van der Waals surface area contributed by atoms with Crippen LogP contribution in [0.5, 0.6) is 17.4 Å². The first-order valence-corrected chi connectivity index (χ1v) is 12.3. The number of nitrogens with one attached hydrogen (secondary N) is 2. The number of pyridine rings is 2. The van der Waals surface area contributed by atoms with E-state index in [4.69, 9.17) is 14.7 Å². The van der Waals surface area contributed by atoms with Crippen LogP contribution in [0.2, 0.25) is 0 Å². The number of H-pyrrole nitrogens is 1. The molecular formula is C28H24FN7O2. The van der Waals surface area contributed by atoms with E-state index in [1.54, 1.807) is 49.1 Å². The van der Waals surface area contributed by atoms with Gasteiger partial charge in [-0.2, -0.15) is 5.26 Å². The molecule has 1 atom stereocenters. The number of fused-ring (bicyclic) bond motifs is 3. The maximum atomic E-state index is 15.5. The summed E-state index contributed by atoms with van der Waals surface area (Å²) in [6, 6.07) is 16.1. The molecule has 1 aliphatic heterocycles. The van der Waals surface area contributed by atoms with Gasteiger partial charge in [-0.05, 0) is 24.3 Å². The van der Waals surface area contributed by atoms with Crippen molar-refractivity contribution in [1.29, 1.82) is 5.26 Å². The monoisotopic (exact) mass is 509 g/mol. The number of aromatic nitrogens is 4. The summed E-state index contributed by atoms with van der Waals surface area (Å²) >= 11 is 0. The van der Waals surface area contributed by atoms with Crippen LogP contribution in [0, 0.1) is 17.1 Å². The van der Waals surface area contributed by atoms with Gasteiger partial charge in [0.2, 0.25) is 5.88 Å². The number of rotatable bonds is 7. The molecule has 3 aromatic heterocycles. The number of imidazole rings is 1. The number of benzene rings is 2. The predicted octanol–water partition coefficient (Wildman–Crippen LogP) is 4.28. The van der Waals surface area contributed by atoms with Gasteiger partial charge in [-0.15, -0.1) is 0 Å². The van der Waals surface area contributed by atoms with Crippen molar-refractivity contribution in [3.05, 3.63) is 73.1 Å². The van der Waals surface area contributed by atoms with Gasteiger partial charge in [-0.1, -0.05) is 6.07 Å². The molecule has 190 valence electrons. The summed E-state index contributed by atoms with van der Waals surface area (Å²) in [4.78, 5) is 18.1. The minimum Gasteiger partial charge on any atom is -0.491 e. The van der Waals surface area contributed by atoms with E-state index in [1.807, 2.05) is 12.1 Å². The molecule has 0 amide bonds. The Morgan fingerprint density at radius 3 is 2.92 bits per heavy atom. The molecule has 6 rings (SSSR count). The molecule has 1 fully saturated rings. The Bertz CT molecular complexity index is 1630. The van der Waals surface area contributed by atoms with Gasteiger partial charge in [-0.25, -0.2) is 14.4 Å². The van der Waals surface area contributed by atoms with Crippen LogP contribution in [0.1, 0.15) is 0 Å². The molecule has 2 N–H and O–H groups in total. The molecule has 0 aliphatic carbocycles. The molecule has 0 radical (unpaired) electrons. The average molecular weight is 510 g/mol. The molecule has 9 nitrogen and oxygen atoms in total. The molecule has 0 spiro atoms. The largest absolute Gasteiger partial charge is 0.491 e. The zero-order chi connectivity index (χ0) is 25.9. The first kappa shape index (κ1) is 23.8. The third-order valence-electron chi connectivity index (χ3n) is 6.52. The van der Waals surface area contributed by atoms with Gasteiger partial charge in [0.1, 0.15) is 23.9 Å². The number of nitriles is 1. The summed E-state index contributed by atoms with van der Waals surface area (Å²) in [6.45, 7) is 2.95. The minimum absolute atomic E-state index is 0.0136. The fourth-order valence-corrected chi connectivity index (χ4v) is 4.69. The van der Waals surface area contributed by atoms with E-state index in [1.165, 1.54) is 6.07 Å². The lowest BCUT2D eigenvalue weighted by Gasteiger charge is -2.32.